The SMILES string of the molecule is CC(C)CCSc1cc(C(=O)N(C)C)ccc1N. The van der Waals surface area contributed by atoms with Gasteiger partial charge in [0.15, 0.2) is 0 Å². The summed E-state index contributed by atoms with van der Waals surface area (Å²) in [5, 5.41) is 0. The fourth-order valence-electron chi connectivity index (χ4n) is 1.46. The van der Waals surface area contributed by atoms with Gasteiger partial charge in [-0.25, -0.2) is 0 Å². The van der Waals surface area contributed by atoms with Crippen LogP contribution in [0.1, 0.15) is 30.6 Å². The van der Waals surface area contributed by atoms with E-state index in [1.165, 1.54) is 0 Å². The average Bonchev–Trinajstić information content (AvgIpc) is 2.30. The largest absolute Gasteiger partial charge is 0.398 e. The van der Waals surface area contributed by atoms with Crippen LogP contribution in [0.2, 0.25) is 0 Å². The lowest BCUT2D eigenvalue weighted by Crippen LogP contribution is -2.21. The van der Waals surface area contributed by atoms with E-state index in [0.717, 1.165) is 22.8 Å². The van der Waals surface area contributed by atoms with Crippen LogP contribution in [0.15, 0.2) is 23.1 Å². The second-order valence-corrected chi connectivity index (χ2v) is 6.12. The van der Waals surface area contributed by atoms with Crippen LogP contribution in [-0.2, 0) is 0 Å². The standard InChI is InChI=1S/C14H22N2OS/c1-10(2)7-8-18-13-9-11(5-6-12(13)15)14(17)16(3)4/h5-6,9-10H,7-8,15H2,1-4H3. The smallest absolute Gasteiger partial charge is 0.253 e. The molecule has 1 aromatic rings. The maximum atomic E-state index is 11.9. The lowest BCUT2D eigenvalue weighted by atomic mass is 10.2. The van der Waals surface area contributed by atoms with Gasteiger partial charge in [-0.2, -0.15) is 0 Å². The highest BCUT2D eigenvalue weighted by Gasteiger charge is 2.10. The van der Waals surface area contributed by atoms with Crippen molar-refractivity contribution < 1.29 is 4.79 Å². The molecule has 0 saturated heterocycles. The quantitative estimate of drug-likeness (QED) is 0.658. The van der Waals surface area contributed by atoms with Crippen LogP contribution in [0.25, 0.3) is 0 Å². The van der Waals surface area contributed by atoms with E-state index < -0.39 is 0 Å². The zero-order valence-electron chi connectivity index (χ0n) is 11.6. The Morgan fingerprint density at radius 2 is 2.06 bits per heavy atom. The molecule has 0 bridgehead atoms. The molecule has 0 aromatic heterocycles. The summed E-state index contributed by atoms with van der Waals surface area (Å²) >= 11 is 1.72. The first kappa shape index (κ1) is 14.9. The van der Waals surface area contributed by atoms with Crippen molar-refractivity contribution in [1.29, 1.82) is 0 Å². The number of thioether (sulfide) groups is 1. The lowest BCUT2D eigenvalue weighted by Gasteiger charge is -2.12. The number of rotatable bonds is 5. The Bertz CT molecular complexity index is 416. The molecular formula is C14H22N2OS. The van der Waals surface area contributed by atoms with Crippen LogP contribution in [-0.4, -0.2) is 30.7 Å². The van der Waals surface area contributed by atoms with Gasteiger partial charge < -0.3 is 10.6 Å². The minimum absolute atomic E-state index is 0.0145. The Balaban J connectivity index is 2.78. The number of anilines is 1. The first-order valence-electron chi connectivity index (χ1n) is 6.15. The molecule has 0 saturated carbocycles. The highest BCUT2D eigenvalue weighted by Crippen LogP contribution is 2.27. The third-order valence-electron chi connectivity index (χ3n) is 2.62. The zero-order chi connectivity index (χ0) is 13.7. The Kier molecular flexibility index (Phi) is 5.54. The van der Waals surface area contributed by atoms with Gasteiger partial charge in [0.1, 0.15) is 0 Å². The first-order valence-corrected chi connectivity index (χ1v) is 7.14. The number of nitrogen functional groups attached to an aromatic ring is 1. The van der Waals surface area contributed by atoms with Crippen LogP contribution in [0.4, 0.5) is 5.69 Å². The molecule has 0 heterocycles. The summed E-state index contributed by atoms with van der Waals surface area (Å²) in [6.45, 7) is 4.41. The van der Waals surface area contributed by atoms with Crippen molar-refractivity contribution in [3.05, 3.63) is 23.8 Å². The van der Waals surface area contributed by atoms with Crippen LogP contribution >= 0.6 is 11.8 Å². The van der Waals surface area contributed by atoms with Crippen LogP contribution in [0, 0.1) is 5.92 Å². The fraction of sp³-hybridized carbons (Fsp3) is 0.500. The number of hydrogen-bond acceptors (Lipinski definition) is 3. The minimum Gasteiger partial charge on any atom is -0.398 e. The van der Waals surface area contributed by atoms with E-state index in [0.29, 0.717) is 11.5 Å². The average molecular weight is 266 g/mol. The second-order valence-electron chi connectivity index (χ2n) is 4.98. The van der Waals surface area contributed by atoms with E-state index in [1.54, 1.807) is 36.8 Å². The Hall–Kier alpha value is -1.16. The molecule has 0 atom stereocenters. The molecule has 0 unspecified atom stereocenters. The van der Waals surface area contributed by atoms with E-state index in [-0.39, 0.29) is 5.91 Å². The van der Waals surface area contributed by atoms with Crippen LogP contribution < -0.4 is 5.73 Å². The monoisotopic (exact) mass is 266 g/mol. The van der Waals surface area contributed by atoms with Crippen molar-refractivity contribution >= 4 is 23.4 Å². The number of benzene rings is 1. The maximum absolute atomic E-state index is 11.9. The summed E-state index contributed by atoms with van der Waals surface area (Å²) in [6.07, 6.45) is 1.15. The number of amides is 1. The van der Waals surface area contributed by atoms with Crippen LogP contribution in [0.3, 0.4) is 0 Å². The van der Waals surface area contributed by atoms with Crippen molar-refractivity contribution in [2.75, 3.05) is 25.6 Å². The first-order chi connectivity index (χ1) is 8.41. The zero-order valence-corrected chi connectivity index (χ0v) is 12.4. The van der Waals surface area contributed by atoms with Gasteiger partial charge in [0.05, 0.1) is 0 Å². The summed E-state index contributed by atoms with van der Waals surface area (Å²) in [6, 6.07) is 5.49. The molecule has 0 aliphatic carbocycles. The highest BCUT2D eigenvalue weighted by molar-refractivity contribution is 7.99. The predicted molar refractivity (Wildman–Crippen MR) is 79.1 cm³/mol. The Labute approximate surface area is 114 Å². The van der Waals surface area contributed by atoms with Gasteiger partial charge in [-0.1, -0.05) is 13.8 Å². The van der Waals surface area contributed by atoms with Crippen molar-refractivity contribution in [2.24, 2.45) is 5.92 Å². The van der Waals surface area contributed by atoms with E-state index in [1.807, 2.05) is 12.1 Å². The van der Waals surface area contributed by atoms with Gasteiger partial charge >= 0.3 is 0 Å². The molecule has 1 rings (SSSR count). The van der Waals surface area contributed by atoms with Gasteiger partial charge in [-0.3, -0.25) is 4.79 Å². The molecule has 0 aliphatic rings. The maximum Gasteiger partial charge on any atom is 0.253 e. The molecule has 2 N–H and O–H groups in total. The molecule has 3 nitrogen and oxygen atoms in total. The van der Waals surface area contributed by atoms with Crippen LogP contribution in [0.5, 0.6) is 0 Å². The summed E-state index contributed by atoms with van der Waals surface area (Å²) in [4.78, 5) is 14.4. The van der Waals surface area contributed by atoms with E-state index in [9.17, 15) is 4.79 Å². The molecule has 1 aromatic carbocycles. The third kappa shape index (κ3) is 4.26. The molecule has 0 fully saturated rings. The minimum atomic E-state index is 0.0145. The summed E-state index contributed by atoms with van der Waals surface area (Å²) in [7, 11) is 3.51. The van der Waals surface area contributed by atoms with E-state index in [2.05, 4.69) is 13.8 Å². The molecule has 18 heavy (non-hydrogen) atoms. The van der Waals surface area contributed by atoms with Crippen molar-refractivity contribution in [3.63, 3.8) is 0 Å². The number of carbonyl (C=O) groups excluding carboxylic acids is 1. The number of nitrogens with two attached hydrogens (primary N) is 1. The normalized spacial score (nSPS) is 10.7. The summed E-state index contributed by atoms with van der Waals surface area (Å²) in [5.41, 5.74) is 7.38. The summed E-state index contributed by atoms with van der Waals surface area (Å²) < 4.78 is 0. The van der Waals surface area contributed by atoms with Crippen molar-refractivity contribution in [3.8, 4) is 0 Å². The molecular weight excluding hydrogens is 244 g/mol. The van der Waals surface area contributed by atoms with Crippen molar-refractivity contribution in [1.82, 2.24) is 4.90 Å². The molecule has 100 valence electrons. The van der Waals surface area contributed by atoms with Gasteiger partial charge in [0, 0.05) is 30.2 Å². The molecule has 0 aliphatic heterocycles. The molecule has 4 heteroatoms. The highest BCUT2D eigenvalue weighted by atomic mass is 32.2. The number of hydrogen-bond donors (Lipinski definition) is 1. The van der Waals surface area contributed by atoms with Gasteiger partial charge in [-0.15, -0.1) is 11.8 Å². The lowest BCUT2D eigenvalue weighted by molar-refractivity contribution is 0.0827. The molecule has 0 spiro atoms. The number of carbonyl (C=O) groups is 1. The van der Waals surface area contributed by atoms with Gasteiger partial charge in [0.25, 0.3) is 5.91 Å². The number of nitrogens with zero attached hydrogens (tertiary/aromatic N) is 1. The van der Waals surface area contributed by atoms with Gasteiger partial charge in [0.2, 0.25) is 0 Å². The van der Waals surface area contributed by atoms with E-state index in [4.69, 9.17) is 5.73 Å². The Morgan fingerprint density at radius 3 is 2.61 bits per heavy atom. The molecule has 1 amide bonds. The second kappa shape index (κ2) is 6.69. The van der Waals surface area contributed by atoms with Gasteiger partial charge in [-0.05, 0) is 36.3 Å². The molecule has 0 radical (unpaired) electrons. The van der Waals surface area contributed by atoms with Crippen molar-refractivity contribution in [2.45, 2.75) is 25.2 Å². The summed E-state index contributed by atoms with van der Waals surface area (Å²) in [5.74, 6) is 1.73. The topological polar surface area (TPSA) is 46.3 Å². The predicted octanol–water partition coefficient (Wildman–Crippen LogP) is 3.11. The Morgan fingerprint density at radius 1 is 1.39 bits per heavy atom. The third-order valence-corrected chi connectivity index (χ3v) is 3.72. The fourth-order valence-corrected chi connectivity index (χ4v) is 2.71. The van der Waals surface area contributed by atoms with E-state index >= 15 is 0 Å².